The molecule has 0 aliphatic carbocycles. The molecule has 3 heterocycles. The van der Waals surface area contributed by atoms with E-state index in [1.165, 1.54) is 6.07 Å². The third-order valence-corrected chi connectivity index (χ3v) is 9.65. The van der Waals surface area contributed by atoms with E-state index in [2.05, 4.69) is 10.3 Å². The molecule has 2 N–H and O–H groups in total. The summed E-state index contributed by atoms with van der Waals surface area (Å²) in [4.78, 5) is 56.2. The smallest absolute Gasteiger partial charge is 0.416 e. The van der Waals surface area contributed by atoms with Crippen LogP contribution in [0.1, 0.15) is 21.9 Å². The van der Waals surface area contributed by atoms with Crippen molar-refractivity contribution in [2.45, 2.75) is 22.4 Å². The summed E-state index contributed by atoms with van der Waals surface area (Å²) in [5, 5.41) is 2.57. The monoisotopic (exact) mass is 645 g/mol. The molecule has 2 aliphatic rings. The van der Waals surface area contributed by atoms with Crippen LogP contribution >= 0.6 is 34.7 Å². The number of imide groups is 1. The summed E-state index contributed by atoms with van der Waals surface area (Å²) in [7, 11) is 0. The van der Waals surface area contributed by atoms with Gasteiger partial charge >= 0.3 is 11.0 Å². The van der Waals surface area contributed by atoms with Gasteiger partial charge in [-0.3, -0.25) is 19.2 Å². The Balaban J connectivity index is 1.34. The molecular formula is C29H19ClF3N3O5S2. The summed E-state index contributed by atoms with van der Waals surface area (Å²) in [6.45, 7) is -0.394. The second-order valence-electron chi connectivity index (χ2n) is 9.69. The summed E-state index contributed by atoms with van der Waals surface area (Å²) < 4.78 is 46.2. The van der Waals surface area contributed by atoms with Crippen molar-refractivity contribution in [3.8, 4) is 5.75 Å². The van der Waals surface area contributed by atoms with Gasteiger partial charge in [0, 0.05) is 27.1 Å². The summed E-state index contributed by atoms with van der Waals surface area (Å²) in [5.74, 6) is -3.53. The highest BCUT2D eigenvalue weighted by Crippen LogP contribution is 2.54. The molecule has 0 radical (unpaired) electrons. The maximum Gasteiger partial charge on any atom is 0.416 e. The van der Waals surface area contributed by atoms with Crippen molar-refractivity contribution in [2.75, 3.05) is 16.8 Å². The van der Waals surface area contributed by atoms with Crippen molar-refractivity contribution in [1.29, 1.82) is 0 Å². The Morgan fingerprint density at radius 2 is 1.74 bits per heavy atom. The van der Waals surface area contributed by atoms with Crippen LogP contribution in [0.4, 0.5) is 24.5 Å². The van der Waals surface area contributed by atoms with Gasteiger partial charge in [0.2, 0.25) is 11.8 Å². The fourth-order valence-corrected chi connectivity index (χ4v) is 7.80. The van der Waals surface area contributed by atoms with Crippen molar-refractivity contribution in [2.24, 2.45) is 5.92 Å². The standard InChI is InChI=1S/C29H19ClF3N3O5S2/c30-15-8-10-16(11-9-15)34-20(37)13-41-19-7-2-1-6-18(19)21-22-24(42-25-23(21)43-28(40)35-25)27(39)36(26(22)38)17-5-3-4-14(12-17)29(31,32)33/h1-12,21-22,24H,13H2,(H,34,37)(H,35,40)/t21-,22-,24+/m0/s1. The maximum atomic E-state index is 13.9. The minimum Gasteiger partial charge on any atom is -0.483 e. The molecule has 8 nitrogen and oxygen atoms in total. The molecule has 2 aliphatic heterocycles. The van der Waals surface area contributed by atoms with Crippen LogP contribution in [-0.4, -0.2) is 34.6 Å². The largest absolute Gasteiger partial charge is 0.483 e. The molecule has 43 heavy (non-hydrogen) atoms. The molecule has 4 aromatic rings. The summed E-state index contributed by atoms with van der Waals surface area (Å²) in [5.41, 5.74) is -0.242. The number of fused-ring (bicyclic) bond motifs is 2. The van der Waals surface area contributed by atoms with E-state index >= 15 is 0 Å². The highest BCUT2D eigenvalue weighted by Gasteiger charge is 2.57. The first kappa shape index (κ1) is 29.0. The molecule has 1 fully saturated rings. The second-order valence-corrected chi connectivity index (χ2v) is 12.3. The number of carbonyl (C=O) groups excluding carboxylic acids is 3. The van der Waals surface area contributed by atoms with Gasteiger partial charge in [0.15, 0.2) is 6.61 Å². The number of alkyl halides is 3. The lowest BCUT2D eigenvalue weighted by molar-refractivity contribution is -0.137. The van der Waals surface area contributed by atoms with Crippen LogP contribution in [0, 0.1) is 5.92 Å². The molecular weight excluding hydrogens is 627 g/mol. The maximum absolute atomic E-state index is 13.9. The Kier molecular flexibility index (Phi) is 7.57. The number of hydrogen-bond donors (Lipinski definition) is 2. The zero-order valence-electron chi connectivity index (χ0n) is 21.7. The van der Waals surface area contributed by atoms with Crippen LogP contribution in [-0.2, 0) is 20.6 Å². The van der Waals surface area contributed by atoms with Gasteiger partial charge in [-0.25, -0.2) is 4.90 Å². The first-order valence-corrected chi connectivity index (χ1v) is 14.8. The number of H-pyrrole nitrogens is 1. The molecule has 220 valence electrons. The number of anilines is 2. The quantitative estimate of drug-likeness (QED) is 0.252. The van der Waals surface area contributed by atoms with E-state index in [-0.39, 0.29) is 11.4 Å². The number of ether oxygens (including phenoxy) is 1. The molecule has 14 heteroatoms. The molecule has 1 saturated heterocycles. The molecule has 1 aromatic heterocycles. The van der Waals surface area contributed by atoms with Crippen LogP contribution < -0.4 is 19.8 Å². The van der Waals surface area contributed by atoms with E-state index < -0.39 is 58.0 Å². The van der Waals surface area contributed by atoms with Crippen LogP contribution in [0.15, 0.2) is 82.6 Å². The summed E-state index contributed by atoms with van der Waals surface area (Å²) in [6, 6.07) is 17.2. The van der Waals surface area contributed by atoms with Gasteiger partial charge in [-0.2, -0.15) is 13.2 Å². The van der Waals surface area contributed by atoms with Crippen molar-refractivity contribution in [3.05, 3.63) is 103 Å². The molecule has 0 bridgehead atoms. The number of para-hydroxylation sites is 1. The zero-order chi connectivity index (χ0) is 30.5. The first-order valence-electron chi connectivity index (χ1n) is 12.7. The highest BCUT2D eigenvalue weighted by molar-refractivity contribution is 8.00. The molecule has 0 saturated carbocycles. The predicted octanol–water partition coefficient (Wildman–Crippen LogP) is 5.92. The lowest BCUT2D eigenvalue weighted by atomic mass is 9.82. The fraction of sp³-hybridized carbons (Fsp3) is 0.172. The Labute approximate surface area is 254 Å². The van der Waals surface area contributed by atoms with E-state index in [9.17, 15) is 32.3 Å². The number of aromatic nitrogens is 1. The number of aromatic amines is 1. The number of rotatable bonds is 6. The number of amides is 3. The SMILES string of the molecule is O=C(COc1ccccc1[C@@H]1c2sc(=O)[nH]c2S[C@H]2C(=O)N(c3cccc(C(F)(F)F)c3)C(=O)[C@@H]12)Nc1ccc(Cl)cc1. The number of carbonyl (C=O) groups is 3. The van der Waals surface area contributed by atoms with Crippen LogP contribution in [0.5, 0.6) is 5.75 Å². The van der Waals surface area contributed by atoms with E-state index in [0.29, 0.717) is 26.2 Å². The molecule has 3 atom stereocenters. The Hall–Kier alpha value is -4.07. The van der Waals surface area contributed by atoms with Gasteiger partial charge in [0.1, 0.15) is 11.0 Å². The Bertz CT molecular complexity index is 1810. The predicted molar refractivity (Wildman–Crippen MR) is 156 cm³/mol. The van der Waals surface area contributed by atoms with Crippen LogP contribution in [0.2, 0.25) is 5.02 Å². The normalized spacial score (nSPS) is 19.6. The van der Waals surface area contributed by atoms with Gasteiger partial charge in [-0.15, -0.1) is 0 Å². The third kappa shape index (κ3) is 5.55. The van der Waals surface area contributed by atoms with E-state index in [1.807, 2.05) is 0 Å². The summed E-state index contributed by atoms with van der Waals surface area (Å²) >= 11 is 7.77. The molecule has 6 rings (SSSR count). The van der Waals surface area contributed by atoms with Crippen molar-refractivity contribution in [3.63, 3.8) is 0 Å². The Morgan fingerprint density at radius 3 is 2.49 bits per heavy atom. The van der Waals surface area contributed by atoms with Gasteiger partial charge in [0.05, 0.1) is 22.2 Å². The van der Waals surface area contributed by atoms with Gasteiger partial charge < -0.3 is 15.0 Å². The van der Waals surface area contributed by atoms with Crippen molar-refractivity contribution < 1.29 is 32.3 Å². The number of thioether (sulfide) groups is 1. The van der Waals surface area contributed by atoms with Crippen molar-refractivity contribution >= 4 is 63.8 Å². The minimum absolute atomic E-state index is 0.196. The van der Waals surface area contributed by atoms with Gasteiger partial charge in [0.25, 0.3) is 5.91 Å². The molecule has 3 aromatic carbocycles. The number of benzene rings is 3. The van der Waals surface area contributed by atoms with Crippen molar-refractivity contribution in [1.82, 2.24) is 4.98 Å². The molecule has 0 unspecified atom stereocenters. The Morgan fingerprint density at radius 1 is 1.00 bits per heavy atom. The number of halogens is 4. The average molecular weight is 646 g/mol. The lowest BCUT2D eigenvalue weighted by Crippen LogP contribution is -2.32. The molecule has 3 amide bonds. The fourth-order valence-electron chi connectivity index (χ4n) is 5.17. The van der Waals surface area contributed by atoms with E-state index in [4.69, 9.17) is 16.3 Å². The highest BCUT2D eigenvalue weighted by atomic mass is 35.5. The zero-order valence-corrected chi connectivity index (χ0v) is 24.1. The lowest BCUT2D eigenvalue weighted by Gasteiger charge is -2.30. The van der Waals surface area contributed by atoms with Crippen LogP contribution in [0.25, 0.3) is 0 Å². The van der Waals surface area contributed by atoms with Gasteiger partial charge in [-0.1, -0.05) is 59.0 Å². The number of hydrogen-bond acceptors (Lipinski definition) is 7. The van der Waals surface area contributed by atoms with E-state index in [1.54, 1.807) is 48.5 Å². The third-order valence-electron chi connectivity index (χ3n) is 7.00. The second kappa shape index (κ2) is 11.2. The minimum atomic E-state index is -4.67. The number of thiazole rings is 1. The first-order chi connectivity index (χ1) is 20.5. The average Bonchev–Trinajstić information content (AvgIpc) is 3.47. The molecule has 0 spiro atoms. The van der Waals surface area contributed by atoms with Gasteiger partial charge in [-0.05, 0) is 48.5 Å². The number of nitrogens with zero attached hydrogens (tertiary/aromatic N) is 1. The van der Waals surface area contributed by atoms with Crippen LogP contribution in [0.3, 0.4) is 0 Å². The summed E-state index contributed by atoms with van der Waals surface area (Å²) in [6.07, 6.45) is -4.67. The topological polar surface area (TPSA) is 109 Å². The van der Waals surface area contributed by atoms with E-state index in [0.717, 1.165) is 46.2 Å². The number of nitrogens with one attached hydrogen (secondary N) is 2.